The van der Waals surface area contributed by atoms with Crippen LogP contribution in [-0.4, -0.2) is 36.2 Å². The largest absolute Gasteiger partial charge is 0.481 e. The third-order valence-corrected chi connectivity index (χ3v) is 2.45. The Bertz CT molecular complexity index is 276. The molecule has 1 rings (SSSR count). The highest BCUT2D eigenvalue weighted by Crippen LogP contribution is 2.28. The molecule has 1 heterocycles. The van der Waals surface area contributed by atoms with E-state index in [0.717, 1.165) is 6.08 Å². The fraction of sp³-hybridized carbons (Fsp3) is 0.556. The van der Waals surface area contributed by atoms with E-state index in [1.165, 1.54) is 0 Å². The summed E-state index contributed by atoms with van der Waals surface area (Å²) in [6, 6.07) is -0.495. The molecule has 0 bridgehead atoms. The lowest BCUT2D eigenvalue weighted by atomic mass is 9.85. The molecule has 2 unspecified atom stereocenters. The number of carboxylic acids is 1. The number of rotatable bonds is 3. The van der Waals surface area contributed by atoms with Crippen LogP contribution in [0, 0.1) is 5.41 Å². The summed E-state index contributed by atoms with van der Waals surface area (Å²) >= 11 is 0. The number of hydrogen-bond donors (Lipinski definition) is 2. The molecular weight excluding hydrogens is 186 g/mol. The van der Waals surface area contributed by atoms with Crippen LogP contribution in [0.25, 0.3) is 0 Å². The van der Waals surface area contributed by atoms with Crippen molar-refractivity contribution in [2.75, 3.05) is 13.2 Å². The molecule has 2 N–H and O–H groups in total. The maximum atomic E-state index is 11.0. The summed E-state index contributed by atoms with van der Waals surface area (Å²) in [7, 11) is 0. The van der Waals surface area contributed by atoms with E-state index in [9.17, 15) is 9.59 Å². The molecule has 0 aromatic carbocycles. The van der Waals surface area contributed by atoms with E-state index >= 15 is 0 Å². The third kappa shape index (κ3) is 1.77. The minimum atomic E-state index is -1.04. The van der Waals surface area contributed by atoms with Crippen molar-refractivity contribution in [3.05, 3.63) is 12.7 Å². The van der Waals surface area contributed by atoms with Gasteiger partial charge in [0.15, 0.2) is 0 Å². The topological polar surface area (TPSA) is 75.6 Å². The lowest BCUT2D eigenvalue weighted by Crippen LogP contribution is -2.49. The van der Waals surface area contributed by atoms with Gasteiger partial charge in [0, 0.05) is 0 Å². The fourth-order valence-electron chi connectivity index (χ4n) is 1.32. The normalized spacial score (nSPS) is 31.1. The van der Waals surface area contributed by atoms with Crippen LogP contribution in [0.3, 0.4) is 0 Å². The van der Waals surface area contributed by atoms with Gasteiger partial charge in [-0.2, -0.15) is 0 Å². The van der Waals surface area contributed by atoms with Crippen LogP contribution in [0.2, 0.25) is 0 Å². The highest BCUT2D eigenvalue weighted by molar-refractivity contribution is 5.88. The van der Waals surface area contributed by atoms with Crippen LogP contribution in [0.4, 0.5) is 0 Å². The van der Waals surface area contributed by atoms with Gasteiger partial charge in [0.25, 0.3) is 0 Å². The Morgan fingerprint density at radius 1 is 1.71 bits per heavy atom. The molecule has 1 fully saturated rings. The molecule has 0 aromatic rings. The molecule has 0 aliphatic carbocycles. The van der Waals surface area contributed by atoms with Crippen LogP contribution in [-0.2, 0) is 14.3 Å². The van der Waals surface area contributed by atoms with Gasteiger partial charge in [-0.25, -0.2) is 0 Å². The van der Waals surface area contributed by atoms with Crippen molar-refractivity contribution in [2.45, 2.75) is 13.0 Å². The zero-order valence-corrected chi connectivity index (χ0v) is 7.95. The molecule has 2 atom stereocenters. The van der Waals surface area contributed by atoms with Crippen molar-refractivity contribution >= 4 is 11.9 Å². The van der Waals surface area contributed by atoms with E-state index < -0.39 is 17.4 Å². The van der Waals surface area contributed by atoms with Crippen molar-refractivity contribution in [3.63, 3.8) is 0 Å². The lowest BCUT2D eigenvalue weighted by molar-refractivity contribution is -0.148. The van der Waals surface area contributed by atoms with Crippen LogP contribution < -0.4 is 5.32 Å². The molecule has 5 heteroatoms. The predicted octanol–water partition coefficient (Wildman–Crippen LogP) is -0.222. The molecule has 78 valence electrons. The minimum Gasteiger partial charge on any atom is -0.481 e. The molecular formula is C9H13NO4. The van der Waals surface area contributed by atoms with Gasteiger partial charge < -0.3 is 15.2 Å². The van der Waals surface area contributed by atoms with Crippen molar-refractivity contribution in [2.24, 2.45) is 5.41 Å². The van der Waals surface area contributed by atoms with Gasteiger partial charge in [-0.1, -0.05) is 6.58 Å². The van der Waals surface area contributed by atoms with Crippen molar-refractivity contribution in [3.8, 4) is 0 Å². The Morgan fingerprint density at radius 2 is 2.36 bits per heavy atom. The van der Waals surface area contributed by atoms with Crippen LogP contribution in [0.15, 0.2) is 12.7 Å². The number of aliphatic carboxylic acids is 1. The minimum absolute atomic E-state index is 0.115. The van der Waals surface area contributed by atoms with Crippen molar-refractivity contribution in [1.82, 2.24) is 5.32 Å². The maximum absolute atomic E-state index is 11.0. The van der Waals surface area contributed by atoms with E-state index in [2.05, 4.69) is 11.9 Å². The molecule has 1 aliphatic rings. The SMILES string of the molecule is C=CC(=O)NC1COCC1(C)C(=O)O. The number of carbonyl (C=O) groups excluding carboxylic acids is 1. The standard InChI is InChI=1S/C9H13NO4/c1-3-7(11)10-6-4-14-5-9(6,2)8(12)13/h3,6H,1,4-5H2,2H3,(H,10,11)(H,12,13). The first-order chi connectivity index (χ1) is 6.50. The van der Waals surface area contributed by atoms with Crippen LogP contribution in [0.5, 0.6) is 0 Å². The van der Waals surface area contributed by atoms with E-state index in [1.807, 2.05) is 0 Å². The fourth-order valence-corrected chi connectivity index (χ4v) is 1.32. The summed E-state index contributed by atoms with van der Waals surface area (Å²) < 4.78 is 5.05. The van der Waals surface area contributed by atoms with E-state index in [-0.39, 0.29) is 19.1 Å². The zero-order valence-electron chi connectivity index (χ0n) is 7.95. The highest BCUT2D eigenvalue weighted by Gasteiger charge is 2.47. The van der Waals surface area contributed by atoms with Gasteiger partial charge in [0.05, 0.1) is 19.3 Å². The lowest BCUT2D eigenvalue weighted by Gasteiger charge is -2.24. The molecule has 14 heavy (non-hydrogen) atoms. The average Bonchev–Trinajstić information content (AvgIpc) is 2.49. The summed E-state index contributed by atoms with van der Waals surface area (Å²) in [5.74, 6) is -1.35. The predicted molar refractivity (Wildman–Crippen MR) is 48.7 cm³/mol. The molecule has 1 amide bonds. The first-order valence-corrected chi connectivity index (χ1v) is 4.25. The quantitative estimate of drug-likeness (QED) is 0.616. The second kappa shape index (κ2) is 3.79. The average molecular weight is 199 g/mol. The smallest absolute Gasteiger partial charge is 0.313 e. The number of ether oxygens (including phenoxy) is 1. The Labute approximate surface area is 81.7 Å². The molecule has 0 aromatic heterocycles. The second-order valence-electron chi connectivity index (χ2n) is 3.50. The van der Waals surface area contributed by atoms with Gasteiger partial charge in [-0.3, -0.25) is 9.59 Å². The summed E-state index contributed by atoms with van der Waals surface area (Å²) in [5.41, 5.74) is -1.04. The highest BCUT2D eigenvalue weighted by atomic mass is 16.5. The van der Waals surface area contributed by atoms with Crippen LogP contribution in [0.1, 0.15) is 6.92 Å². The summed E-state index contributed by atoms with van der Waals surface area (Å²) in [6.07, 6.45) is 1.11. The first-order valence-electron chi connectivity index (χ1n) is 4.25. The maximum Gasteiger partial charge on any atom is 0.313 e. The molecule has 0 spiro atoms. The molecule has 1 saturated heterocycles. The van der Waals surface area contributed by atoms with Crippen molar-refractivity contribution in [1.29, 1.82) is 0 Å². The second-order valence-corrected chi connectivity index (χ2v) is 3.50. The van der Waals surface area contributed by atoms with E-state index in [0.29, 0.717) is 0 Å². The Balaban J connectivity index is 2.73. The summed E-state index contributed by atoms with van der Waals surface area (Å²) in [4.78, 5) is 21.9. The Morgan fingerprint density at radius 3 is 2.86 bits per heavy atom. The van der Waals surface area contributed by atoms with Gasteiger partial charge in [0.1, 0.15) is 5.41 Å². The number of carbonyl (C=O) groups is 2. The molecule has 0 radical (unpaired) electrons. The number of nitrogens with one attached hydrogen (secondary N) is 1. The molecule has 0 saturated carbocycles. The Kier molecular flexibility index (Phi) is 2.90. The molecule has 5 nitrogen and oxygen atoms in total. The van der Waals surface area contributed by atoms with E-state index in [1.54, 1.807) is 6.92 Å². The number of carboxylic acid groups (broad SMARTS) is 1. The first kappa shape index (κ1) is 10.7. The zero-order chi connectivity index (χ0) is 10.8. The number of hydrogen-bond acceptors (Lipinski definition) is 3. The monoisotopic (exact) mass is 199 g/mol. The third-order valence-electron chi connectivity index (χ3n) is 2.45. The van der Waals surface area contributed by atoms with Gasteiger partial charge >= 0.3 is 5.97 Å². The summed E-state index contributed by atoms with van der Waals surface area (Å²) in [6.45, 7) is 5.19. The summed E-state index contributed by atoms with van der Waals surface area (Å²) in [5, 5.41) is 11.5. The Hall–Kier alpha value is -1.36. The van der Waals surface area contributed by atoms with E-state index in [4.69, 9.17) is 9.84 Å². The van der Waals surface area contributed by atoms with Gasteiger partial charge in [-0.05, 0) is 13.0 Å². The number of amides is 1. The molecule has 1 aliphatic heterocycles. The van der Waals surface area contributed by atoms with Crippen molar-refractivity contribution < 1.29 is 19.4 Å². The van der Waals surface area contributed by atoms with Gasteiger partial charge in [-0.15, -0.1) is 0 Å². The van der Waals surface area contributed by atoms with Crippen LogP contribution >= 0.6 is 0 Å². The van der Waals surface area contributed by atoms with Gasteiger partial charge in [0.2, 0.25) is 5.91 Å².